The molecule has 0 aliphatic rings. The summed E-state index contributed by atoms with van der Waals surface area (Å²) < 4.78 is 28.9. The maximum absolute atomic E-state index is 13.3. The van der Waals surface area contributed by atoms with Crippen molar-refractivity contribution in [2.45, 2.75) is 0 Å². The first-order valence-corrected chi connectivity index (χ1v) is 8.15. The van der Waals surface area contributed by atoms with Gasteiger partial charge in [-0.3, -0.25) is 4.79 Å². The second-order valence-electron chi connectivity index (χ2n) is 5.24. The first-order valence-electron chi connectivity index (χ1n) is 8.15. The molecule has 0 aliphatic carbocycles. The van der Waals surface area contributed by atoms with Crippen LogP contribution in [-0.2, 0) is 4.79 Å². The van der Waals surface area contributed by atoms with Crippen molar-refractivity contribution in [3.63, 3.8) is 0 Å². The number of nitrogens with one attached hydrogen (secondary N) is 1. The molecule has 1 amide bonds. The highest BCUT2D eigenvalue weighted by molar-refractivity contribution is 5.91. The Hall–Kier alpha value is -3.46. The lowest BCUT2D eigenvalue weighted by Crippen LogP contribution is -2.21. The van der Waals surface area contributed by atoms with E-state index in [-0.39, 0.29) is 24.8 Å². The Morgan fingerprint density at radius 2 is 1.85 bits per heavy atom. The minimum atomic E-state index is -0.437. The maximum atomic E-state index is 13.3. The van der Waals surface area contributed by atoms with Gasteiger partial charge in [0.05, 0.1) is 20.8 Å². The van der Waals surface area contributed by atoms with E-state index in [4.69, 9.17) is 14.2 Å². The number of hydrogen-bond acceptors (Lipinski definition) is 4. The van der Waals surface area contributed by atoms with Crippen molar-refractivity contribution in [1.82, 2.24) is 5.32 Å². The SMILES string of the molecule is COc1ccc(/C=C/C(=O)NCC#CCOc2ccccc2F)cc1OC. The molecule has 6 heteroatoms. The number of halogens is 1. The average molecular weight is 369 g/mol. The minimum Gasteiger partial charge on any atom is -0.493 e. The van der Waals surface area contributed by atoms with Gasteiger partial charge in [-0.1, -0.05) is 30.0 Å². The number of amides is 1. The lowest BCUT2D eigenvalue weighted by atomic mass is 10.2. The lowest BCUT2D eigenvalue weighted by Gasteiger charge is -2.07. The number of benzene rings is 2. The molecule has 0 unspecified atom stereocenters. The molecule has 0 spiro atoms. The van der Waals surface area contributed by atoms with Crippen molar-refractivity contribution in [2.24, 2.45) is 0 Å². The van der Waals surface area contributed by atoms with E-state index in [0.29, 0.717) is 11.5 Å². The van der Waals surface area contributed by atoms with Crippen molar-refractivity contribution in [3.8, 4) is 29.1 Å². The lowest BCUT2D eigenvalue weighted by molar-refractivity contribution is -0.116. The number of methoxy groups -OCH3 is 2. The molecular weight excluding hydrogens is 349 g/mol. The molecule has 0 atom stereocenters. The standard InChI is InChI=1S/C21H20FNO4/c1-25-19-11-9-16(15-20(19)26-2)10-12-21(24)23-13-5-6-14-27-18-8-4-3-7-17(18)22/h3-4,7-12,15H,13-14H2,1-2H3,(H,23,24)/b12-10+. The molecule has 140 valence electrons. The number of hydrogen-bond donors (Lipinski definition) is 1. The zero-order valence-corrected chi connectivity index (χ0v) is 15.1. The molecule has 0 saturated heterocycles. The van der Waals surface area contributed by atoms with Gasteiger partial charge in [0, 0.05) is 6.08 Å². The Morgan fingerprint density at radius 1 is 1.07 bits per heavy atom. The van der Waals surface area contributed by atoms with Crippen LogP contribution in [0.3, 0.4) is 0 Å². The third kappa shape index (κ3) is 6.40. The van der Waals surface area contributed by atoms with Crippen LogP contribution in [0.25, 0.3) is 6.08 Å². The predicted molar refractivity (Wildman–Crippen MR) is 101 cm³/mol. The third-order valence-corrected chi connectivity index (χ3v) is 3.45. The molecule has 0 radical (unpaired) electrons. The van der Waals surface area contributed by atoms with E-state index in [1.54, 1.807) is 44.6 Å². The summed E-state index contributed by atoms with van der Waals surface area (Å²) in [6.07, 6.45) is 3.06. The third-order valence-electron chi connectivity index (χ3n) is 3.45. The predicted octanol–water partition coefficient (Wildman–Crippen LogP) is 3.05. The molecule has 5 nitrogen and oxygen atoms in total. The molecule has 0 heterocycles. The van der Waals surface area contributed by atoms with E-state index in [1.165, 1.54) is 18.2 Å². The van der Waals surface area contributed by atoms with Crippen LogP contribution in [0.1, 0.15) is 5.56 Å². The Morgan fingerprint density at radius 3 is 2.59 bits per heavy atom. The molecule has 0 aromatic heterocycles. The number of carbonyl (C=O) groups is 1. The van der Waals surface area contributed by atoms with Crippen LogP contribution in [0, 0.1) is 17.7 Å². The van der Waals surface area contributed by atoms with Crippen molar-refractivity contribution in [3.05, 3.63) is 59.9 Å². The smallest absolute Gasteiger partial charge is 0.244 e. The van der Waals surface area contributed by atoms with Crippen LogP contribution in [0.2, 0.25) is 0 Å². The highest BCUT2D eigenvalue weighted by Crippen LogP contribution is 2.27. The van der Waals surface area contributed by atoms with Gasteiger partial charge in [0.2, 0.25) is 5.91 Å². The average Bonchev–Trinajstić information content (AvgIpc) is 2.70. The summed E-state index contributed by atoms with van der Waals surface area (Å²) in [5, 5.41) is 2.63. The number of rotatable bonds is 7. The van der Waals surface area contributed by atoms with E-state index >= 15 is 0 Å². The van der Waals surface area contributed by atoms with Crippen LogP contribution in [-0.4, -0.2) is 33.3 Å². The Balaban J connectivity index is 1.76. The van der Waals surface area contributed by atoms with Gasteiger partial charge in [0.1, 0.15) is 6.61 Å². The van der Waals surface area contributed by atoms with Crippen molar-refractivity contribution in [1.29, 1.82) is 0 Å². The van der Waals surface area contributed by atoms with E-state index < -0.39 is 5.82 Å². The number of para-hydroxylation sites is 1. The van der Waals surface area contributed by atoms with Crippen LogP contribution >= 0.6 is 0 Å². The van der Waals surface area contributed by atoms with Gasteiger partial charge in [-0.05, 0) is 35.9 Å². The molecule has 0 aliphatic heterocycles. The van der Waals surface area contributed by atoms with Crippen LogP contribution in [0.15, 0.2) is 48.5 Å². The molecule has 2 aromatic rings. The van der Waals surface area contributed by atoms with Gasteiger partial charge in [-0.25, -0.2) is 4.39 Å². The number of ether oxygens (including phenoxy) is 3. The van der Waals surface area contributed by atoms with Gasteiger partial charge < -0.3 is 19.5 Å². The zero-order valence-electron chi connectivity index (χ0n) is 15.1. The minimum absolute atomic E-state index is 0.0400. The summed E-state index contributed by atoms with van der Waals surface area (Å²) in [5.41, 5.74) is 0.798. The van der Waals surface area contributed by atoms with Gasteiger partial charge in [0.15, 0.2) is 23.1 Å². The fourth-order valence-corrected chi connectivity index (χ4v) is 2.11. The van der Waals surface area contributed by atoms with Gasteiger partial charge in [0.25, 0.3) is 0 Å². The highest BCUT2D eigenvalue weighted by atomic mass is 19.1. The Bertz CT molecular complexity index is 868. The molecule has 2 rings (SSSR count). The largest absolute Gasteiger partial charge is 0.493 e. The summed E-state index contributed by atoms with van der Waals surface area (Å²) in [4.78, 5) is 11.8. The van der Waals surface area contributed by atoms with E-state index in [2.05, 4.69) is 17.2 Å². The molecule has 0 saturated carbocycles. The molecule has 0 fully saturated rings. The molecule has 2 aromatic carbocycles. The van der Waals surface area contributed by atoms with Crippen LogP contribution in [0.4, 0.5) is 4.39 Å². The van der Waals surface area contributed by atoms with E-state index in [9.17, 15) is 9.18 Å². The quantitative estimate of drug-likeness (QED) is 0.602. The summed E-state index contributed by atoms with van der Waals surface area (Å²) in [6, 6.07) is 11.4. The van der Waals surface area contributed by atoms with Gasteiger partial charge in [-0.15, -0.1) is 0 Å². The van der Waals surface area contributed by atoms with Gasteiger partial charge >= 0.3 is 0 Å². The van der Waals surface area contributed by atoms with E-state index in [0.717, 1.165) is 5.56 Å². The summed E-state index contributed by atoms with van der Waals surface area (Å²) in [6.45, 7) is 0.202. The fourth-order valence-electron chi connectivity index (χ4n) is 2.11. The van der Waals surface area contributed by atoms with Crippen molar-refractivity contribution in [2.75, 3.05) is 27.4 Å². The molecule has 27 heavy (non-hydrogen) atoms. The van der Waals surface area contributed by atoms with Crippen molar-refractivity contribution < 1.29 is 23.4 Å². The second-order valence-corrected chi connectivity index (χ2v) is 5.24. The first-order chi connectivity index (χ1) is 13.1. The Labute approximate surface area is 157 Å². The highest BCUT2D eigenvalue weighted by Gasteiger charge is 2.03. The van der Waals surface area contributed by atoms with Crippen molar-refractivity contribution >= 4 is 12.0 Å². The second kappa shape index (κ2) is 10.5. The van der Waals surface area contributed by atoms with Crippen LogP contribution in [0.5, 0.6) is 17.2 Å². The maximum Gasteiger partial charge on any atom is 0.244 e. The summed E-state index contributed by atoms with van der Waals surface area (Å²) in [5.74, 6) is 6.08. The normalized spacial score (nSPS) is 10.0. The summed E-state index contributed by atoms with van der Waals surface area (Å²) >= 11 is 0. The molecule has 0 bridgehead atoms. The number of carbonyl (C=O) groups excluding carboxylic acids is 1. The summed E-state index contributed by atoms with van der Waals surface area (Å²) in [7, 11) is 3.11. The van der Waals surface area contributed by atoms with Crippen LogP contribution < -0.4 is 19.5 Å². The van der Waals surface area contributed by atoms with Gasteiger partial charge in [-0.2, -0.15) is 0 Å². The molecule has 1 N–H and O–H groups in total. The zero-order chi connectivity index (χ0) is 19.5. The van der Waals surface area contributed by atoms with E-state index in [1.807, 2.05) is 6.07 Å². The Kier molecular flexibility index (Phi) is 7.73. The first kappa shape index (κ1) is 19.9. The topological polar surface area (TPSA) is 56.8 Å². The molecular formula is C21H20FNO4. The monoisotopic (exact) mass is 369 g/mol. The fraction of sp³-hybridized carbons (Fsp3) is 0.190.